The predicted octanol–water partition coefficient (Wildman–Crippen LogP) is 3.49. The maximum atomic E-state index is 13.9. The summed E-state index contributed by atoms with van der Waals surface area (Å²) in [6.07, 6.45) is 0.348. The lowest BCUT2D eigenvalue weighted by atomic mass is 10.1. The van der Waals surface area contributed by atoms with Gasteiger partial charge in [-0.05, 0) is 54.4 Å². The van der Waals surface area contributed by atoms with Gasteiger partial charge < -0.3 is 14.8 Å². The van der Waals surface area contributed by atoms with Gasteiger partial charge in [0.1, 0.15) is 11.6 Å². The van der Waals surface area contributed by atoms with Gasteiger partial charge in [-0.3, -0.25) is 9.10 Å². The van der Waals surface area contributed by atoms with Crippen molar-refractivity contribution in [2.45, 2.75) is 17.9 Å². The molecule has 0 atom stereocenters. The van der Waals surface area contributed by atoms with Gasteiger partial charge in [0.05, 0.1) is 17.2 Å². The molecule has 0 fully saturated rings. The van der Waals surface area contributed by atoms with Gasteiger partial charge in [0.15, 0.2) is 6.79 Å². The minimum Gasteiger partial charge on any atom is -0.467 e. The van der Waals surface area contributed by atoms with Crippen molar-refractivity contribution in [2.75, 3.05) is 24.7 Å². The first-order chi connectivity index (χ1) is 15.9. The van der Waals surface area contributed by atoms with E-state index < -0.39 is 21.7 Å². The normalized spacial score (nSPS) is 13.0. The van der Waals surface area contributed by atoms with Crippen molar-refractivity contribution in [3.63, 3.8) is 0 Å². The fraction of sp³-hybridized carbons (Fsp3) is 0.208. The summed E-state index contributed by atoms with van der Waals surface area (Å²) >= 11 is 0. The molecular weight excluding hydrogens is 447 g/mol. The number of nitrogens with one attached hydrogen (secondary N) is 1. The highest BCUT2D eigenvalue weighted by molar-refractivity contribution is 7.92. The number of hydrogen-bond acceptors (Lipinski definition) is 5. The number of halogens is 1. The first-order valence-corrected chi connectivity index (χ1v) is 11.7. The van der Waals surface area contributed by atoms with Crippen LogP contribution >= 0.6 is 0 Å². The molecule has 0 unspecified atom stereocenters. The Hall–Kier alpha value is -3.43. The fourth-order valence-corrected chi connectivity index (χ4v) is 4.83. The maximum Gasteiger partial charge on any atom is 0.264 e. The van der Waals surface area contributed by atoms with Gasteiger partial charge in [-0.25, -0.2) is 12.8 Å². The van der Waals surface area contributed by atoms with Crippen LogP contribution in [0.25, 0.3) is 0 Å². The molecule has 1 heterocycles. The monoisotopic (exact) mass is 470 g/mol. The van der Waals surface area contributed by atoms with Crippen molar-refractivity contribution in [2.24, 2.45) is 0 Å². The van der Waals surface area contributed by atoms with E-state index in [4.69, 9.17) is 9.47 Å². The van der Waals surface area contributed by atoms with Crippen LogP contribution in [0.4, 0.5) is 10.1 Å². The molecule has 1 aliphatic heterocycles. The summed E-state index contributed by atoms with van der Waals surface area (Å²) in [5, 5.41) is 2.76. The van der Waals surface area contributed by atoms with Gasteiger partial charge >= 0.3 is 0 Å². The Labute approximate surface area is 191 Å². The number of amides is 1. The van der Waals surface area contributed by atoms with Gasteiger partial charge in [0.2, 0.25) is 0 Å². The number of hydrogen-bond donors (Lipinski definition) is 1. The van der Waals surface area contributed by atoms with Crippen LogP contribution in [0, 0.1) is 5.82 Å². The molecule has 3 aromatic carbocycles. The number of fused-ring (bicyclic) bond motifs is 1. The molecule has 0 bridgehead atoms. The van der Waals surface area contributed by atoms with E-state index in [9.17, 15) is 17.6 Å². The molecular formula is C24H23FN2O5S. The lowest BCUT2D eigenvalue weighted by Gasteiger charge is -2.21. The van der Waals surface area contributed by atoms with Gasteiger partial charge in [-0.15, -0.1) is 0 Å². The zero-order valence-corrected chi connectivity index (χ0v) is 18.8. The van der Waals surface area contributed by atoms with Crippen molar-refractivity contribution in [1.29, 1.82) is 0 Å². The average molecular weight is 471 g/mol. The summed E-state index contributed by atoms with van der Waals surface area (Å²) < 4.78 is 51.7. The number of anilines is 1. The molecule has 7 nitrogen and oxygen atoms in total. The van der Waals surface area contributed by atoms with Crippen LogP contribution in [0.15, 0.2) is 71.6 Å². The third kappa shape index (κ3) is 4.99. The van der Waals surface area contributed by atoms with E-state index in [1.165, 1.54) is 41.7 Å². The third-order valence-electron chi connectivity index (χ3n) is 5.31. The predicted molar refractivity (Wildman–Crippen MR) is 121 cm³/mol. The van der Waals surface area contributed by atoms with E-state index in [0.29, 0.717) is 29.0 Å². The Kier molecular flexibility index (Phi) is 6.62. The Bertz CT molecular complexity index is 1270. The van der Waals surface area contributed by atoms with Crippen LogP contribution in [0.5, 0.6) is 5.75 Å². The van der Waals surface area contributed by atoms with E-state index in [0.717, 1.165) is 0 Å². The number of para-hydroxylation sites is 1. The lowest BCUT2D eigenvalue weighted by Crippen LogP contribution is -2.28. The van der Waals surface area contributed by atoms with E-state index in [-0.39, 0.29) is 30.4 Å². The van der Waals surface area contributed by atoms with Gasteiger partial charge in [0.25, 0.3) is 15.9 Å². The Balaban J connectivity index is 1.45. The second kappa shape index (κ2) is 9.60. The molecule has 1 aliphatic rings. The molecule has 0 saturated heterocycles. The molecule has 0 saturated carbocycles. The first-order valence-electron chi connectivity index (χ1n) is 10.3. The molecule has 0 aliphatic carbocycles. The number of sulfonamides is 1. The topological polar surface area (TPSA) is 84.9 Å². The molecule has 1 amide bonds. The molecule has 0 aromatic heterocycles. The standard InChI is InChI=1S/C24H23FN2O5S/c1-27(21-7-3-2-4-8-21)33(29,30)22-9-5-6-18(14-22)24(28)26-11-10-17-12-20(25)13-19-15-31-16-32-23(17)19/h2-9,12-14H,10-11,15-16H2,1H3,(H,26,28). The zero-order chi connectivity index (χ0) is 23.4. The summed E-state index contributed by atoms with van der Waals surface area (Å²) in [4.78, 5) is 12.7. The van der Waals surface area contributed by atoms with E-state index in [1.54, 1.807) is 36.4 Å². The van der Waals surface area contributed by atoms with Gasteiger partial charge in [-0.2, -0.15) is 0 Å². The van der Waals surface area contributed by atoms with E-state index >= 15 is 0 Å². The Morgan fingerprint density at radius 3 is 2.67 bits per heavy atom. The second-order valence-corrected chi connectivity index (χ2v) is 9.47. The van der Waals surface area contributed by atoms with Crippen LogP contribution in [-0.2, 0) is 27.8 Å². The summed E-state index contributed by atoms with van der Waals surface area (Å²) in [6, 6.07) is 17.3. The van der Waals surface area contributed by atoms with Crippen molar-refractivity contribution >= 4 is 21.6 Å². The molecule has 0 spiro atoms. The van der Waals surface area contributed by atoms with E-state index in [2.05, 4.69) is 5.32 Å². The van der Waals surface area contributed by atoms with Crippen LogP contribution in [-0.4, -0.2) is 34.7 Å². The molecule has 0 radical (unpaired) electrons. The first kappa shape index (κ1) is 22.8. The summed E-state index contributed by atoms with van der Waals surface area (Å²) in [5.74, 6) is -0.248. The van der Waals surface area contributed by atoms with Crippen LogP contribution in [0.3, 0.4) is 0 Å². The average Bonchev–Trinajstić information content (AvgIpc) is 2.84. The highest BCUT2D eigenvalue weighted by Gasteiger charge is 2.22. The van der Waals surface area contributed by atoms with Crippen LogP contribution < -0.4 is 14.4 Å². The SMILES string of the molecule is CN(c1ccccc1)S(=O)(=O)c1cccc(C(=O)NCCc2cc(F)cc3c2OCOC3)c1. The Morgan fingerprint density at radius 1 is 1.09 bits per heavy atom. The quantitative estimate of drug-likeness (QED) is 0.572. The Morgan fingerprint density at radius 2 is 1.88 bits per heavy atom. The van der Waals surface area contributed by atoms with Crippen LogP contribution in [0.2, 0.25) is 0 Å². The molecule has 172 valence electrons. The molecule has 9 heteroatoms. The maximum absolute atomic E-state index is 13.9. The highest BCUT2D eigenvalue weighted by Crippen LogP contribution is 2.29. The van der Waals surface area contributed by atoms with Crippen molar-refractivity contribution in [3.8, 4) is 5.75 Å². The number of rotatable bonds is 7. The van der Waals surface area contributed by atoms with E-state index in [1.807, 2.05) is 0 Å². The number of carbonyl (C=O) groups is 1. The second-order valence-electron chi connectivity index (χ2n) is 7.51. The van der Waals surface area contributed by atoms with Crippen LogP contribution in [0.1, 0.15) is 21.5 Å². The highest BCUT2D eigenvalue weighted by atomic mass is 32.2. The smallest absolute Gasteiger partial charge is 0.264 e. The number of benzene rings is 3. The summed E-state index contributed by atoms with van der Waals surface area (Å²) in [7, 11) is -2.38. The fourth-order valence-electron chi connectivity index (χ4n) is 3.59. The minimum atomic E-state index is -3.84. The molecule has 3 aromatic rings. The van der Waals surface area contributed by atoms with Crippen molar-refractivity contribution in [3.05, 3.63) is 89.2 Å². The largest absolute Gasteiger partial charge is 0.467 e. The number of carbonyl (C=O) groups excluding carboxylic acids is 1. The van der Waals surface area contributed by atoms with Crippen molar-refractivity contribution < 1.29 is 27.1 Å². The summed E-state index contributed by atoms with van der Waals surface area (Å²) in [6.45, 7) is 0.585. The molecule has 4 rings (SSSR count). The lowest BCUT2D eigenvalue weighted by molar-refractivity contribution is -0.0172. The zero-order valence-electron chi connectivity index (χ0n) is 18.0. The number of nitrogens with zero attached hydrogens (tertiary/aromatic N) is 1. The molecule has 33 heavy (non-hydrogen) atoms. The molecule has 1 N–H and O–H groups in total. The summed E-state index contributed by atoms with van der Waals surface area (Å²) in [5.41, 5.74) is 1.99. The minimum absolute atomic E-state index is 0.00843. The third-order valence-corrected chi connectivity index (χ3v) is 7.09. The van der Waals surface area contributed by atoms with Gasteiger partial charge in [-0.1, -0.05) is 24.3 Å². The van der Waals surface area contributed by atoms with Crippen molar-refractivity contribution in [1.82, 2.24) is 5.32 Å². The number of ether oxygens (including phenoxy) is 2. The van der Waals surface area contributed by atoms with Gasteiger partial charge in [0, 0.05) is 24.7 Å².